The number of hydrogen-bond acceptors (Lipinski definition) is 5. The predicted molar refractivity (Wildman–Crippen MR) is 105 cm³/mol. The Morgan fingerprint density at radius 2 is 2.11 bits per heavy atom. The molecule has 0 radical (unpaired) electrons. The van der Waals surface area contributed by atoms with Crippen LogP contribution >= 0.6 is 0 Å². The molecule has 146 valence electrons. The number of methoxy groups -OCH3 is 2. The lowest BCUT2D eigenvalue weighted by molar-refractivity contribution is 0.192. The molecule has 2 aromatic heterocycles. The molecule has 0 spiro atoms. The zero-order valence-electron chi connectivity index (χ0n) is 16.0. The van der Waals surface area contributed by atoms with Gasteiger partial charge in [-0.15, -0.1) is 0 Å². The van der Waals surface area contributed by atoms with Crippen molar-refractivity contribution in [3.8, 4) is 11.5 Å². The highest BCUT2D eigenvalue weighted by atomic mass is 16.5. The molecule has 0 saturated carbocycles. The standard InChI is InChI=1S/C20H23N5O3/c1-27-17-4-3-13(9-18(17)28-2)5-7-21-20(26)25-8-6-15-14(12-25)10-22-19-16(15)11-23-24-19/h3-4,9-11H,5-8,12H2,1-2H3,(H,21,26)(H,22,23,24). The number of amides is 2. The van der Waals surface area contributed by atoms with Crippen LogP contribution in [0.2, 0.25) is 0 Å². The number of hydrogen-bond donors (Lipinski definition) is 2. The highest BCUT2D eigenvalue weighted by Crippen LogP contribution is 2.28. The van der Waals surface area contributed by atoms with Gasteiger partial charge in [0.05, 0.1) is 20.4 Å². The van der Waals surface area contributed by atoms with Crippen molar-refractivity contribution < 1.29 is 14.3 Å². The maximum atomic E-state index is 12.6. The monoisotopic (exact) mass is 381 g/mol. The molecule has 0 unspecified atom stereocenters. The predicted octanol–water partition coefficient (Wildman–Crippen LogP) is 2.29. The summed E-state index contributed by atoms with van der Waals surface area (Å²) in [6, 6.07) is 5.73. The normalized spacial score (nSPS) is 13.3. The molecule has 2 N–H and O–H groups in total. The molecule has 1 aromatic carbocycles. The molecule has 3 aromatic rings. The quantitative estimate of drug-likeness (QED) is 0.707. The number of carbonyl (C=O) groups excluding carboxylic acids is 1. The van der Waals surface area contributed by atoms with Gasteiger partial charge in [-0.1, -0.05) is 6.07 Å². The average molecular weight is 381 g/mol. The number of ether oxygens (including phenoxy) is 2. The third kappa shape index (κ3) is 3.45. The van der Waals surface area contributed by atoms with E-state index in [1.165, 1.54) is 5.56 Å². The van der Waals surface area contributed by atoms with Gasteiger partial charge in [0.25, 0.3) is 0 Å². The first kappa shape index (κ1) is 18.1. The van der Waals surface area contributed by atoms with Gasteiger partial charge >= 0.3 is 6.03 Å². The number of rotatable bonds is 5. The highest BCUT2D eigenvalue weighted by Gasteiger charge is 2.22. The van der Waals surface area contributed by atoms with Gasteiger partial charge in [0.1, 0.15) is 0 Å². The number of aromatic nitrogens is 3. The summed E-state index contributed by atoms with van der Waals surface area (Å²) in [4.78, 5) is 18.8. The number of carbonyl (C=O) groups is 1. The van der Waals surface area contributed by atoms with Gasteiger partial charge < -0.3 is 19.7 Å². The van der Waals surface area contributed by atoms with Crippen LogP contribution in [0.5, 0.6) is 11.5 Å². The largest absolute Gasteiger partial charge is 0.493 e. The van der Waals surface area contributed by atoms with E-state index in [1.54, 1.807) is 20.4 Å². The number of pyridine rings is 1. The number of urea groups is 1. The SMILES string of the molecule is COc1ccc(CCNC(=O)N2CCc3c(cnc4[nH]ncc34)C2)cc1OC. The minimum absolute atomic E-state index is 0.0570. The van der Waals surface area contributed by atoms with Crippen molar-refractivity contribution >= 4 is 17.1 Å². The van der Waals surface area contributed by atoms with E-state index in [0.717, 1.165) is 28.6 Å². The van der Waals surface area contributed by atoms with E-state index >= 15 is 0 Å². The third-order valence-electron chi connectivity index (χ3n) is 5.10. The highest BCUT2D eigenvalue weighted by molar-refractivity contribution is 5.80. The Labute approximate surface area is 162 Å². The number of H-pyrrole nitrogens is 1. The van der Waals surface area contributed by atoms with Crippen LogP contribution in [0.4, 0.5) is 4.79 Å². The van der Waals surface area contributed by atoms with Crippen LogP contribution in [0, 0.1) is 0 Å². The molecule has 1 aliphatic heterocycles. The molecule has 3 heterocycles. The fraction of sp³-hybridized carbons (Fsp3) is 0.350. The fourth-order valence-electron chi connectivity index (χ4n) is 3.59. The van der Waals surface area contributed by atoms with Gasteiger partial charge in [0.15, 0.2) is 17.1 Å². The van der Waals surface area contributed by atoms with Gasteiger partial charge in [-0.25, -0.2) is 9.78 Å². The van der Waals surface area contributed by atoms with E-state index in [1.807, 2.05) is 29.3 Å². The first-order chi connectivity index (χ1) is 13.7. The molecule has 0 atom stereocenters. The van der Waals surface area contributed by atoms with Crippen molar-refractivity contribution in [2.75, 3.05) is 27.3 Å². The Morgan fingerprint density at radius 1 is 1.25 bits per heavy atom. The van der Waals surface area contributed by atoms with E-state index in [-0.39, 0.29) is 6.03 Å². The van der Waals surface area contributed by atoms with Crippen molar-refractivity contribution in [2.45, 2.75) is 19.4 Å². The second-order valence-corrected chi connectivity index (χ2v) is 6.74. The first-order valence-corrected chi connectivity index (χ1v) is 9.23. The van der Waals surface area contributed by atoms with Crippen LogP contribution in [-0.2, 0) is 19.4 Å². The summed E-state index contributed by atoms with van der Waals surface area (Å²) < 4.78 is 10.6. The van der Waals surface area contributed by atoms with Crippen LogP contribution < -0.4 is 14.8 Å². The maximum Gasteiger partial charge on any atom is 0.317 e. The minimum Gasteiger partial charge on any atom is -0.493 e. The molecular weight excluding hydrogens is 358 g/mol. The van der Waals surface area contributed by atoms with Crippen LogP contribution in [0.1, 0.15) is 16.7 Å². The Bertz CT molecular complexity index is 1000. The van der Waals surface area contributed by atoms with Crippen LogP contribution in [-0.4, -0.2) is 53.4 Å². The van der Waals surface area contributed by atoms with Crippen LogP contribution in [0.3, 0.4) is 0 Å². The average Bonchev–Trinajstić information content (AvgIpc) is 3.22. The van der Waals surface area contributed by atoms with Gasteiger partial charge in [0.2, 0.25) is 0 Å². The van der Waals surface area contributed by atoms with Crippen LogP contribution in [0.25, 0.3) is 11.0 Å². The Morgan fingerprint density at radius 3 is 2.93 bits per heavy atom. The number of fused-ring (bicyclic) bond motifs is 3. The lowest BCUT2D eigenvalue weighted by atomic mass is 9.99. The molecule has 0 aliphatic carbocycles. The second-order valence-electron chi connectivity index (χ2n) is 6.74. The molecular formula is C20H23N5O3. The second kappa shape index (κ2) is 7.75. The summed E-state index contributed by atoms with van der Waals surface area (Å²) in [7, 11) is 3.23. The van der Waals surface area contributed by atoms with Crippen molar-refractivity contribution in [1.29, 1.82) is 0 Å². The van der Waals surface area contributed by atoms with E-state index < -0.39 is 0 Å². The van der Waals surface area contributed by atoms with Crippen LogP contribution in [0.15, 0.2) is 30.6 Å². The molecule has 0 fully saturated rings. The summed E-state index contributed by atoms with van der Waals surface area (Å²) in [5, 5.41) is 11.0. The zero-order valence-corrected chi connectivity index (χ0v) is 16.0. The van der Waals surface area contributed by atoms with Crippen molar-refractivity contribution in [3.05, 3.63) is 47.3 Å². The minimum atomic E-state index is -0.0570. The van der Waals surface area contributed by atoms with Crippen molar-refractivity contribution in [2.24, 2.45) is 0 Å². The molecule has 8 heteroatoms. The number of nitrogens with one attached hydrogen (secondary N) is 2. The van der Waals surface area contributed by atoms with E-state index in [0.29, 0.717) is 37.6 Å². The van der Waals surface area contributed by atoms with Crippen molar-refractivity contribution in [3.63, 3.8) is 0 Å². The van der Waals surface area contributed by atoms with Gasteiger partial charge in [-0.3, -0.25) is 5.10 Å². The lowest BCUT2D eigenvalue weighted by Gasteiger charge is -2.29. The third-order valence-corrected chi connectivity index (χ3v) is 5.10. The summed E-state index contributed by atoms with van der Waals surface area (Å²) in [6.07, 6.45) is 5.16. The van der Waals surface area contributed by atoms with E-state index in [4.69, 9.17) is 9.47 Å². The molecule has 4 rings (SSSR count). The number of nitrogens with zero attached hydrogens (tertiary/aromatic N) is 3. The topological polar surface area (TPSA) is 92.4 Å². The van der Waals surface area contributed by atoms with Gasteiger partial charge in [-0.2, -0.15) is 5.10 Å². The Kier molecular flexibility index (Phi) is 5.01. The van der Waals surface area contributed by atoms with E-state index in [2.05, 4.69) is 20.5 Å². The molecule has 2 amide bonds. The number of benzene rings is 1. The Hall–Kier alpha value is -3.29. The molecule has 0 saturated heterocycles. The summed E-state index contributed by atoms with van der Waals surface area (Å²) >= 11 is 0. The zero-order chi connectivity index (χ0) is 19.5. The first-order valence-electron chi connectivity index (χ1n) is 9.23. The fourth-order valence-corrected chi connectivity index (χ4v) is 3.59. The van der Waals surface area contributed by atoms with Gasteiger partial charge in [0, 0.05) is 31.2 Å². The van der Waals surface area contributed by atoms with E-state index in [9.17, 15) is 4.79 Å². The summed E-state index contributed by atoms with van der Waals surface area (Å²) in [5.74, 6) is 1.39. The molecule has 28 heavy (non-hydrogen) atoms. The van der Waals surface area contributed by atoms with Crippen molar-refractivity contribution in [1.82, 2.24) is 25.4 Å². The summed E-state index contributed by atoms with van der Waals surface area (Å²) in [6.45, 7) is 1.79. The molecule has 0 bridgehead atoms. The summed E-state index contributed by atoms with van der Waals surface area (Å²) in [5.41, 5.74) is 4.18. The maximum absolute atomic E-state index is 12.6. The smallest absolute Gasteiger partial charge is 0.317 e. The molecule has 8 nitrogen and oxygen atoms in total. The Balaban J connectivity index is 1.34. The molecule has 1 aliphatic rings. The van der Waals surface area contributed by atoms with Gasteiger partial charge in [-0.05, 0) is 41.7 Å². The number of aromatic amines is 1. The lowest BCUT2D eigenvalue weighted by Crippen LogP contribution is -2.43.